The first-order valence-electron chi connectivity index (χ1n) is 7.72. The fourth-order valence-corrected chi connectivity index (χ4v) is 3.65. The van der Waals surface area contributed by atoms with Gasteiger partial charge in [0.1, 0.15) is 4.88 Å². The van der Waals surface area contributed by atoms with Crippen molar-refractivity contribution in [2.24, 2.45) is 5.92 Å². The van der Waals surface area contributed by atoms with Crippen molar-refractivity contribution in [1.29, 1.82) is 0 Å². The molecule has 2 heterocycles. The minimum Gasteiger partial charge on any atom is -0.348 e. The van der Waals surface area contributed by atoms with Gasteiger partial charge in [-0.05, 0) is 37.8 Å². The molecule has 5 heteroatoms. The van der Waals surface area contributed by atoms with Crippen LogP contribution in [0.25, 0.3) is 0 Å². The zero-order chi connectivity index (χ0) is 15.5. The molecule has 1 aliphatic rings. The van der Waals surface area contributed by atoms with Crippen molar-refractivity contribution in [2.45, 2.75) is 26.7 Å². The molecule has 1 amide bonds. The number of thiazole rings is 1. The van der Waals surface area contributed by atoms with E-state index in [-0.39, 0.29) is 5.91 Å². The van der Waals surface area contributed by atoms with Gasteiger partial charge in [0.2, 0.25) is 0 Å². The number of aromatic nitrogens is 1. The zero-order valence-electron chi connectivity index (χ0n) is 13.0. The Morgan fingerprint density at radius 2 is 1.95 bits per heavy atom. The number of aryl methyl sites for hydroxylation is 1. The fraction of sp³-hybridized carbons (Fsp3) is 0.412. The van der Waals surface area contributed by atoms with E-state index in [9.17, 15) is 4.79 Å². The second-order valence-electron chi connectivity index (χ2n) is 5.90. The third kappa shape index (κ3) is 3.30. The third-order valence-corrected chi connectivity index (χ3v) is 5.29. The fourth-order valence-electron chi connectivity index (χ4n) is 2.64. The lowest BCUT2D eigenvalue weighted by molar-refractivity contribution is 0.103. The van der Waals surface area contributed by atoms with E-state index in [0.717, 1.165) is 35.5 Å². The average molecular weight is 315 g/mol. The Morgan fingerprint density at radius 3 is 2.64 bits per heavy atom. The van der Waals surface area contributed by atoms with E-state index in [1.54, 1.807) is 0 Å². The summed E-state index contributed by atoms with van der Waals surface area (Å²) in [5.74, 6) is 0.719. The lowest BCUT2D eigenvalue weighted by Crippen LogP contribution is -2.32. The molecule has 0 spiro atoms. The summed E-state index contributed by atoms with van der Waals surface area (Å²) in [4.78, 5) is 20.0. The molecule has 1 N–H and O–H groups in total. The summed E-state index contributed by atoms with van der Waals surface area (Å²) in [6, 6.07) is 9.54. The number of nitrogens with zero attached hydrogens (tertiary/aromatic N) is 2. The number of hydrogen-bond donors (Lipinski definition) is 1. The minimum atomic E-state index is -0.0715. The Labute approximate surface area is 135 Å². The maximum atomic E-state index is 12.4. The van der Waals surface area contributed by atoms with Crippen molar-refractivity contribution in [3.63, 3.8) is 0 Å². The van der Waals surface area contributed by atoms with Gasteiger partial charge in [-0.25, -0.2) is 4.98 Å². The van der Waals surface area contributed by atoms with Gasteiger partial charge < -0.3 is 10.2 Å². The molecular weight excluding hydrogens is 294 g/mol. The number of piperidine rings is 1. The Morgan fingerprint density at radius 1 is 1.27 bits per heavy atom. The molecule has 116 valence electrons. The molecular formula is C17H21N3OS. The lowest BCUT2D eigenvalue weighted by atomic mass is 10.00. The number of para-hydroxylation sites is 1. The van der Waals surface area contributed by atoms with E-state index in [0.29, 0.717) is 4.88 Å². The maximum Gasteiger partial charge on any atom is 0.267 e. The van der Waals surface area contributed by atoms with Crippen LogP contribution in [0.4, 0.5) is 10.8 Å². The van der Waals surface area contributed by atoms with Crippen LogP contribution in [0, 0.1) is 12.8 Å². The first kappa shape index (κ1) is 15.0. The van der Waals surface area contributed by atoms with Crippen LogP contribution in [-0.2, 0) is 0 Å². The highest BCUT2D eigenvalue weighted by atomic mass is 32.1. The van der Waals surface area contributed by atoms with Crippen molar-refractivity contribution < 1.29 is 4.79 Å². The van der Waals surface area contributed by atoms with Crippen LogP contribution in [0.5, 0.6) is 0 Å². The van der Waals surface area contributed by atoms with Crippen molar-refractivity contribution in [3.8, 4) is 0 Å². The number of benzene rings is 1. The molecule has 1 fully saturated rings. The highest BCUT2D eigenvalue weighted by Crippen LogP contribution is 2.30. The quantitative estimate of drug-likeness (QED) is 0.933. The van der Waals surface area contributed by atoms with E-state index in [1.807, 2.05) is 37.3 Å². The molecule has 0 unspecified atom stereocenters. The molecule has 1 aliphatic heterocycles. The number of nitrogens with one attached hydrogen (secondary N) is 1. The van der Waals surface area contributed by atoms with Crippen molar-refractivity contribution in [1.82, 2.24) is 4.98 Å². The Hall–Kier alpha value is -1.88. The largest absolute Gasteiger partial charge is 0.348 e. The van der Waals surface area contributed by atoms with Gasteiger partial charge in [0.15, 0.2) is 5.13 Å². The molecule has 0 saturated carbocycles. The van der Waals surface area contributed by atoms with Crippen molar-refractivity contribution >= 4 is 28.1 Å². The van der Waals surface area contributed by atoms with Crippen LogP contribution >= 0.6 is 11.3 Å². The predicted octanol–water partition coefficient (Wildman–Crippen LogP) is 3.94. The summed E-state index contributed by atoms with van der Waals surface area (Å²) in [5.41, 5.74) is 1.63. The second kappa shape index (κ2) is 6.48. The van der Waals surface area contributed by atoms with Crippen LogP contribution in [0.15, 0.2) is 30.3 Å². The number of rotatable bonds is 3. The maximum absolute atomic E-state index is 12.4. The van der Waals surface area contributed by atoms with Gasteiger partial charge >= 0.3 is 0 Å². The topological polar surface area (TPSA) is 45.2 Å². The molecule has 2 aromatic rings. The van der Waals surface area contributed by atoms with Crippen LogP contribution in [0.2, 0.25) is 0 Å². The Bertz CT molecular complexity index is 645. The van der Waals surface area contributed by atoms with Gasteiger partial charge in [0.05, 0.1) is 5.69 Å². The number of hydrogen-bond acceptors (Lipinski definition) is 4. The molecule has 22 heavy (non-hydrogen) atoms. The number of carbonyl (C=O) groups is 1. The van der Waals surface area contributed by atoms with Gasteiger partial charge in [-0.15, -0.1) is 0 Å². The predicted molar refractivity (Wildman–Crippen MR) is 91.9 cm³/mol. The van der Waals surface area contributed by atoms with E-state index in [1.165, 1.54) is 24.2 Å². The highest BCUT2D eigenvalue weighted by Gasteiger charge is 2.22. The first-order valence-corrected chi connectivity index (χ1v) is 8.54. The summed E-state index contributed by atoms with van der Waals surface area (Å²) in [7, 11) is 0. The average Bonchev–Trinajstić information content (AvgIpc) is 2.91. The molecule has 0 bridgehead atoms. The van der Waals surface area contributed by atoms with E-state index in [2.05, 4.69) is 22.1 Å². The summed E-state index contributed by atoms with van der Waals surface area (Å²) in [6.07, 6.45) is 2.40. The van der Waals surface area contributed by atoms with Crippen molar-refractivity contribution in [2.75, 3.05) is 23.3 Å². The Kier molecular flexibility index (Phi) is 4.43. The SMILES string of the molecule is Cc1nc(N2CCC(C)CC2)sc1C(=O)Nc1ccccc1. The molecule has 1 aromatic carbocycles. The van der Waals surface area contributed by atoms with E-state index >= 15 is 0 Å². The smallest absolute Gasteiger partial charge is 0.267 e. The zero-order valence-corrected chi connectivity index (χ0v) is 13.8. The second-order valence-corrected chi connectivity index (χ2v) is 6.88. The molecule has 1 aromatic heterocycles. The molecule has 0 radical (unpaired) electrons. The lowest BCUT2D eigenvalue weighted by Gasteiger charge is -2.29. The van der Waals surface area contributed by atoms with E-state index < -0.39 is 0 Å². The Balaban J connectivity index is 1.73. The molecule has 0 atom stereocenters. The number of anilines is 2. The third-order valence-electron chi connectivity index (χ3n) is 4.08. The first-order chi connectivity index (χ1) is 10.6. The van der Waals surface area contributed by atoms with Gasteiger partial charge in [-0.1, -0.05) is 36.5 Å². The molecule has 1 saturated heterocycles. The summed E-state index contributed by atoms with van der Waals surface area (Å²) >= 11 is 1.50. The van der Waals surface area contributed by atoms with Gasteiger partial charge in [-0.3, -0.25) is 4.79 Å². The van der Waals surface area contributed by atoms with Crippen molar-refractivity contribution in [3.05, 3.63) is 40.9 Å². The molecule has 4 nitrogen and oxygen atoms in total. The van der Waals surface area contributed by atoms with Crippen LogP contribution in [0.3, 0.4) is 0 Å². The standard InChI is InChI=1S/C17H21N3OS/c1-12-8-10-20(11-9-12)17-18-13(2)15(22-17)16(21)19-14-6-4-3-5-7-14/h3-7,12H,8-11H2,1-2H3,(H,19,21). The van der Waals surface area contributed by atoms with Gasteiger partial charge in [0, 0.05) is 18.8 Å². The minimum absolute atomic E-state index is 0.0715. The van der Waals surface area contributed by atoms with Gasteiger partial charge in [-0.2, -0.15) is 0 Å². The monoisotopic (exact) mass is 315 g/mol. The van der Waals surface area contributed by atoms with Crippen LogP contribution < -0.4 is 10.2 Å². The number of amides is 1. The highest BCUT2D eigenvalue weighted by molar-refractivity contribution is 7.17. The van der Waals surface area contributed by atoms with Gasteiger partial charge in [0.25, 0.3) is 5.91 Å². The number of carbonyl (C=O) groups excluding carboxylic acids is 1. The summed E-state index contributed by atoms with van der Waals surface area (Å²) < 4.78 is 0. The normalized spacial score (nSPS) is 15.8. The van der Waals surface area contributed by atoms with E-state index in [4.69, 9.17) is 0 Å². The summed E-state index contributed by atoms with van der Waals surface area (Å²) in [5, 5.41) is 3.91. The van der Waals surface area contributed by atoms with Crippen LogP contribution in [0.1, 0.15) is 35.1 Å². The molecule has 0 aliphatic carbocycles. The molecule has 3 rings (SSSR count). The van der Waals surface area contributed by atoms with Crippen LogP contribution in [-0.4, -0.2) is 24.0 Å². The summed E-state index contributed by atoms with van der Waals surface area (Å²) in [6.45, 7) is 6.28.